The van der Waals surface area contributed by atoms with Gasteiger partial charge in [0.25, 0.3) is 11.7 Å². The topological polar surface area (TPSA) is 54.5 Å². The zero-order valence-electron chi connectivity index (χ0n) is 11.9. The van der Waals surface area contributed by atoms with E-state index in [1.54, 1.807) is 27.7 Å². The predicted molar refractivity (Wildman–Crippen MR) is 72.3 cm³/mol. The van der Waals surface area contributed by atoms with Crippen molar-refractivity contribution in [1.29, 1.82) is 0 Å². The number of anilines is 1. The van der Waals surface area contributed by atoms with Crippen LogP contribution in [0.15, 0.2) is 12.1 Å². The number of carbonyl (C=O) groups is 3. The number of nitrogens with zero attached hydrogens (tertiary/aromatic N) is 1. The highest BCUT2D eigenvalue weighted by Crippen LogP contribution is 2.33. The van der Waals surface area contributed by atoms with Crippen molar-refractivity contribution < 1.29 is 18.8 Å². The lowest BCUT2D eigenvalue weighted by atomic mass is 9.90. The highest BCUT2D eigenvalue weighted by atomic mass is 19.1. The highest BCUT2D eigenvalue weighted by Gasteiger charge is 2.40. The van der Waals surface area contributed by atoms with Crippen LogP contribution in [0.3, 0.4) is 0 Å². The van der Waals surface area contributed by atoms with Gasteiger partial charge in [-0.05, 0) is 24.6 Å². The fourth-order valence-electron chi connectivity index (χ4n) is 2.05. The van der Waals surface area contributed by atoms with Crippen molar-refractivity contribution in [3.05, 3.63) is 29.1 Å². The Morgan fingerprint density at radius 1 is 1.25 bits per heavy atom. The molecule has 0 saturated carbocycles. The summed E-state index contributed by atoms with van der Waals surface area (Å²) in [4.78, 5) is 36.8. The van der Waals surface area contributed by atoms with Crippen molar-refractivity contribution in [2.45, 2.75) is 27.7 Å². The third-order valence-electron chi connectivity index (χ3n) is 3.30. The van der Waals surface area contributed by atoms with Crippen molar-refractivity contribution in [3.63, 3.8) is 0 Å². The summed E-state index contributed by atoms with van der Waals surface area (Å²) in [5, 5.41) is 0. The van der Waals surface area contributed by atoms with Crippen LogP contribution in [0, 0.1) is 18.2 Å². The van der Waals surface area contributed by atoms with Gasteiger partial charge in [-0.3, -0.25) is 19.3 Å². The summed E-state index contributed by atoms with van der Waals surface area (Å²) < 4.78 is 14.0. The van der Waals surface area contributed by atoms with Crippen molar-refractivity contribution in [2.24, 2.45) is 5.41 Å². The number of rotatable bonds is 2. The van der Waals surface area contributed by atoms with Gasteiger partial charge >= 0.3 is 0 Å². The van der Waals surface area contributed by atoms with E-state index < -0.39 is 22.9 Å². The van der Waals surface area contributed by atoms with Crippen molar-refractivity contribution in [2.75, 3.05) is 11.4 Å². The quantitative estimate of drug-likeness (QED) is 0.779. The normalized spacial score (nSPS) is 14.8. The van der Waals surface area contributed by atoms with E-state index in [1.807, 2.05) is 0 Å². The first-order valence-corrected chi connectivity index (χ1v) is 6.32. The molecule has 1 heterocycles. The maximum Gasteiger partial charge on any atom is 0.299 e. The molecular formula is C15H16FNO3. The van der Waals surface area contributed by atoms with Gasteiger partial charge in [-0.25, -0.2) is 4.39 Å². The number of carbonyl (C=O) groups excluding carboxylic acids is 3. The molecule has 1 amide bonds. The lowest BCUT2D eigenvalue weighted by molar-refractivity contribution is -0.126. The lowest BCUT2D eigenvalue weighted by Gasteiger charge is -2.22. The SMILES string of the molecule is Cc1cc(F)c2c(c1)C(=O)C(=O)N2CC(=O)C(C)(C)C. The van der Waals surface area contributed by atoms with Crippen LogP contribution in [-0.4, -0.2) is 24.0 Å². The molecule has 4 nitrogen and oxygen atoms in total. The van der Waals surface area contributed by atoms with E-state index in [2.05, 4.69) is 0 Å². The van der Waals surface area contributed by atoms with Crippen LogP contribution in [0.4, 0.5) is 10.1 Å². The smallest absolute Gasteiger partial charge is 0.297 e. The number of halogens is 1. The van der Waals surface area contributed by atoms with Gasteiger partial charge < -0.3 is 0 Å². The second-order valence-corrected chi connectivity index (χ2v) is 6.04. The first-order chi connectivity index (χ1) is 9.12. The molecule has 0 bridgehead atoms. The molecule has 1 aliphatic rings. The van der Waals surface area contributed by atoms with Crippen LogP contribution in [0.5, 0.6) is 0 Å². The zero-order valence-corrected chi connectivity index (χ0v) is 11.9. The Hall–Kier alpha value is -2.04. The molecule has 0 saturated heterocycles. The minimum absolute atomic E-state index is 0.0363. The van der Waals surface area contributed by atoms with Crippen molar-refractivity contribution in [3.8, 4) is 0 Å². The fraction of sp³-hybridized carbons (Fsp3) is 0.400. The summed E-state index contributed by atoms with van der Waals surface area (Å²) in [6.45, 7) is 6.49. The molecule has 0 N–H and O–H groups in total. The Balaban J connectivity index is 2.46. The van der Waals surface area contributed by atoms with Gasteiger partial charge in [-0.2, -0.15) is 0 Å². The molecule has 0 radical (unpaired) electrons. The lowest BCUT2D eigenvalue weighted by Crippen LogP contribution is -2.39. The van der Waals surface area contributed by atoms with E-state index in [9.17, 15) is 18.8 Å². The number of Topliss-reactive ketones (excluding diaryl/α,β-unsaturated/α-hetero) is 2. The Bertz CT molecular complexity index is 629. The van der Waals surface area contributed by atoms with Gasteiger partial charge in [0.1, 0.15) is 5.82 Å². The van der Waals surface area contributed by atoms with Gasteiger partial charge in [0, 0.05) is 5.41 Å². The number of hydrogen-bond donors (Lipinski definition) is 0. The molecule has 20 heavy (non-hydrogen) atoms. The molecule has 1 aliphatic heterocycles. The van der Waals surface area contributed by atoms with Crippen LogP contribution >= 0.6 is 0 Å². The Morgan fingerprint density at radius 3 is 2.40 bits per heavy atom. The predicted octanol–water partition coefficient (Wildman–Crippen LogP) is 2.28. The molecule has 0 atom stereocenters. The number of amides is 1. The third-order valence-corrected chi connectivity index (χ3v) is 3.30. The maximum atomic E-state index is 14.0. The molecule has 1 aromatic carbocycles. The van der Waals surface area contributed by atoms with Gasteiger partial charge in [0.15, 0.2) is 5.78 Å². The third kappa shape index (κ3) is 2.24. The van der Waals surface area contributed by atoms with E-state index in [1.165, 1.54) is 12.1 Å². The summed E-state index contributed by atoms with van der Waals surface area (Å²) in [5.74, 6) is -2.49. The van der Waals surface area contributed by atoms with E-state index in [4.69, 9.17) is 0 Å². The molecule has 0 unspecified atom stereocenters. The van der Waals surface area contributed by atoms with Crippen LogP contribution in [0.25, 0.3) is 0 Å². The largest absolute Gasteiger partial charge is 0.299 e. The number of benzene rings is 1. The van der Waals surface area contributed by atoms with Crippen molar-refractivity contribution >= 4 is 23.2 Å². The number of aryl methyl sites for hydroxylation is 1. The second-order valence-electron chi connectivity index (χ2n) is 6.04. The fourth-order valence-corrected chi connectivity index (χ4v) is 2.05. The molecule has 2 rings (SSSR count). The first kappa shape index (κ1) is 14.4. The summed E-state index contributed by atoms with van der Waals surface area (Å²) in [6, 6.07) is 2.72. The molecule has 0 spiro atoms. The van der Waals surface area contributed by atoms with Crippen molar-refractivity contribution in [1.82, 2.24) is 0 Å². The Morgan fingerprint density at radius 2 is 1.85 bits per heavy atom. The summed E-state index contributed by atoms with van der Waals surface area (Å²) in [5.41, 5.74) is -0.142. The Labute approximate surface area is 116 Å². The van der Waals surface area contributed by atoms with Gasteiger partial charge in [-0.15, -0.1) is 0 Å². The highest BCUT2D eigenvalue weighted by molar-refractivity contribution is 6.52. The van der Waals surface area contributed by atoms with E-state index in [-0.39, 0.29) is 23.6 Å². The van der Waals surface area contributed by atoms with E-state index in [0.717, 1.165) is 4.90 Å². The average Bonchev–Trinajstić information content (AvgIpc) is 2.53. The molecule has 1 aromatic rings. The summed E-state index contributed by atoms with van der Waals surface area (Å²) in [7, 11) is 0. The van der Waals surface area contributed by atoms with E-state index >= 15 is 0 Å². The van der Waals surface area contributed by atoms with Gasteiger partial charge in [0.2, 0.25) is 0 Å². The molecule has 0 aliphatic carbocycles. The van der Waals surface area contributed by atoms with Crippen LogP contribution in [0.2, 0.25) is 0 Å². The molecule has 5 heteroatoms. The summed E-state index contributed by atoms with van der Waals surface area (Å²) in [6.07, 6.45) is 0. The second kappa shape index (κ2) is 4.51. The number of ketones is 2. The monoisotopic (exact) mass is 277 g/mol. The van der Waals surface area contributed by atoms with Crippen LogP contribution < -0.4 is 4.90 Å². The molecular weight excluding hydrogens is 261 g/mol. The molecule has 106 valence electrons. The van der Waals surface area contributed by atoms with Gasteiger partial charge in [-0.1, -0.05) is 20.8 Å². The van der Waals surface area contributed by atoms with Gasteiger partial charge in [0.05, 0.1) is 17.8 Å². The van der Waals surface area contributed by atoms with E-state index in [0.29, 0.717) is 5.56 Å². The first-order valence-electron chi connectivity index (χ1n) is 6.32. The molecule has 0 aromatic heterocycles. The zero-order chi connectivity index (χ0) is 15.2. The minimum atomic E-state index is -0.845. The maximum absolute atomic E-state index is 14.0. The number of hydrogen-bond acceptors (Lipinski definition) is 3. The summed E-state index contributed by atoms with van der Waals surface area (Å²) >= 11 is 0. The minimum Gasteiger partial charge on any atom is -0.297 e. The Kier molecular flexibility index (Phi) is 3.24. The number of fused-ring (bicyclic) bond motifs is 1. The standard InChI is InChI=1S/C15H16FNO3/c1-8-5-9-12(10(16)6-8)17(14(20)13(9)19)7-11(18)15(2,3)4/h5-6H,7H2,1-4H3. The average molecular weight is 277 g/mol. The van der Waals surface area contributed by atoms with Crippen LogP contribution in [0.1, 0.15) is 36.7 Å². The van der Waals surface area contributed by atoms with Crippen LogP contribution in [-0.2, 0) is 9.59 Å². The molecule has 0 fully saturated rings.